The Balaban J connectivity index is 1.78. The van der Waals surface area contributed by atoms with Gasteiger partial charge in [-0.25, -0.2) is 0 Å². The van der Waals surface area contributed by atoms with E-state index in [0.29, 0.717) is 5.56 Å². The summed E-state index contributed by atoms with van der Waals surface area (Å²) in [4.78, 5) is 24.0. The molecule has 2 rings (SSSR count). The molecule has 154 valence electrons. The summed E-state index contributed by atoms with van der Waals surface area (Å²) in [6, 6.07) is 13.9. The minimum Gasteiger partial charge on any atom is -0.435 e. The van der Waals surface area contributed by atoms with Crippen molar-refractivity contribution in [2.24, 2.45) is 0 Å². The van der Waals surface area contributed by atoms with Crippen molar-refractivity contribution in [1.82, 2.24) is 10.6 Å². The Labute approximate surface area is 167 Å². The summed E-state index contributed by atoms with van der Waals surface area (Å²) >= 11 is 0. The van der Waals surface area contributed by atoms with Crippen LogP contribution in [0.15, 0.2) is 60.7 Å². The number of hydrogen-bond donors (Lipinski definition) is 3. The summed E-state index contributed by atoms with van der Waals surface area (Å²) in [7, 11) is 0. The van der Waals surface area contributed by atoms with Crippen molar-refractivity contribution in [2.75, 3.05) is 6.54 Å². The second-order valence-electron chi connectivity index (χ2n) is 6.18. The van der Waals surface area contributed by atoms with Gasteiger partial charge >= 0.3 is 6.61 Å². The number of alkyl halides is 2. The second kappa shape index (κ2) is 10.9. The summed E-state index contributed by atoms with van der Waals surface area (Å²) in [5, 5.41) is 15.2. The van der Waals surface area contributed by atoms with Crippen molar-refractivity contribution in [2.45, 2.75) is 25.7 Å². The van der Waals surface area contributed by atoms with Crippen LogP contribution < -0.4 is 15.4 Å². The average molecular weight is 404 g/mol. The molecule has 0 fully saturated rings. The molecule has 8 heteroatoms. The lowest BCUT2D eigenvalue weighted by Gasteiger charge is -2.16. The third kappa shape index (κ3) is 7.71. The normalized spacial score (nSPS) is 13.1. The third-order valence-electron chi connectivity index (χ3n) is 3.94. The number of benzene rings is 2. The Kier molecular flexibility index (Phi) is 8.29. The first-order valence-corrected chi connectivity index (χ1v) is 8.89. The molecule has 2 aromatic rings. The molecule has 0 aliphatic carbocycles. The molecular formula is C21H22F2N2O4. The highest BCUT2D eigenvalue weighted by molar-refractivity contribution is 5.95. The lowest BCUT2D eigenvalue weighted by molar-refractivity contribution is -0.127. The first kappa shape index (κ1) is 22.0. The van der Waals surface area contributed by atoms with E-state index in [2.05, 4.69) is 15.4 Å². The molecule has 3 N–H and O–H groups in total. The first-order chi connectivity index (χ1) is 13.8. The summed E-state index contributed by atoms with van der Waals surface area (Å²) < 4.78 is 28.5. The van der Waals surface area contributed by atoms with Gasteiger partial charge in [-0.2, -0.15) is 8.78 Å². The van der Waals surface area contributed by atoms with Crippen LogP contribution in [0.4, 0.5) is 8.78 Å². The van der Waals surface area contributed by atoms with Crippen molar-refractivity contribution < 1.29 is 28.2 Å². The molecule has 29 heavy (non-hydrogen) atoms. The summed E-state index contributed by atoms with van der Waals surface area (Å²) in [6.45, 7) is -1.51. The molecule has 0 aliphatic heterocycles. The number of halogens is 2. The van der Waals surface area contributed by atoms with Crippen molar-refractivity contribution >= 4 is 17.9 Å². The highest BCUT2D eigenvalue weighted by atomic mass is 19.3. The van der Waals surface area contributed by atoms with E-state index in [1.165, 1.54) is 37.3 Å². The lowest BCUT2D eigenvalue weighted by Crippen LogP contribution is -2.45. The van der Waals surface area contributed by atoms with Crippen molar-refractivity contribution in [3.63, 3.8) is 0 Å². The van der Waals surface area contributed by atoms with Gasteiger partial charge in [-0.1, -0.05) is 42.5 Å². The molecule has 0 heterocycles. The van der Waals surface area contributed by atoms with Gasteiger partial charge in [0.1, 0.15) is 11.8 Å². The number of carbonyl (C=O) groups is 2. The quantitative estimate of drug-likeness (QED) is 0.561. The number of carbonyl (C=O) groups excluding carboxylic acids is 2. The van der Waals surface area contributed by atoms with Crippen LogP contribution in [0, 0.1) is 0 Å². The van der Waals surface area contributed by atoms with Crippen LogP contribution in [-0.4, -0.2) is 36.1 Å². The number of rotatable bonds is 9. The predicted octanol–water partition coefficient (Wildman–Crippen LogP) is 2.66. The van der Waals surface area contributed by atoms with Gasteiger partial charge in [-0.3, -0.25) is 9.59 Å². The zero-order chi connectivity index (χ0) is 21.2. The summed E-state index contributed by atoms with van der Waals surface area (Å²) in [5.74, 6) is -0.922. The van der Waals surface area contributed by atoms with E-state index < -0.39 is 30.6 Å². The maximum absolute atomic E-state index is 12.1. The van der Waals surface area contributed by atoms with Gasteiger partial charge in [0, 0.05) is 12.6 Å². The Bertz CT molecular complexity index is 826. The van der Waals surface area contributed by atoms with Crippen LogP contribution in [-0.2, 0) is 9.59 Å². The highest BCUT2D eigenvalue weighted by Crippen LogP contribution is 2.19. The van der Waals surface area contributed by atoms with E-state index in [4.69, 9.17) is 0 Å². The number of hydrogen-bond acceptors (Lipinski definition) is 4. The van der Waals surface area contributed by atoms with E-state index in [0.717, 1.165) is 5.56 Å². The van der Waals surface area contributed by atoms with Gasteiger partial charge in [0.05, 0.1) is 6.10 Å². The lowest BCUT2D eigenvalue weighted by atomic mass is 10.1. The van der Waals surface area contributed by atoms with E-state index >= 15 is 0 Å². The fourth-order valence-corrected chi connectivity index (χ4v) is 2.40. The van der Waals surface area contributed by atoms with E-state index in [1.807, 2.05) is 30.3 Å². The SMILES string of the molecule is CC(NC(=O)/C=C/c1ccccc1)C(=O)NCC(O)c1ccc(OC(F)F)cc1. The number of amides is 2. The predicted molar refractivity (Wildman–Crippen MR) is 104 cm³/mol. The fraction of sp³-hybridized carbons (Fsp3) is 0.238. The molecule has 6 nitrogen and oxygen atoms in total. The largest absolute Gasteiger partial charge is 0.435 e. The Morgan fingerprint density at radius 2 is 1.76 bits per heavy atom. The molecular weight excluding hydrogens is 382 g/mol. The molecule has 0 aliphatic rings. The monoisotopic (exact) mass is 404 g/mol. The number of aliphatic hydroxyl groups is 1. The molecule has 2 aromatic carbocycles. The van der Waals surface area contributed by atoms with Crippen molar-refractivity contribution in [1.29, 1.82) is 0 Å². The molecule has 0 radical (unpaired) electrons. The van der Waals surface area contributed by atoms with Crippen LogP contribution in [0.25, 0.3) is 6.08 Å². The van der Waals surface area contributed by atoms with Gasteiger partial charge < -0.3 is 20.5 Å². The van der Waals surface area contributed by atoms with Crippen LogP contribution in [0.1, 0.15) is 24.2 Å². The molecule has 2 unspecified atom stereocenters. The van der Waals surface area contributed by atoms with E-state index in [1.54, 1.807) is 6.08 Å². The molecule has 2 amide bonds. The Morgan fingerprint density at radius 3 is 2.38 bits per heavy atom. The topological polar surface area (TPSA) is 87.7 Å². The second-order valence-corrected chi connectivity index (χ2v) is 6.18. The number of aliphatic hydroxyl groups excluding tert-OH is 1. The third-order valence-corrected chi connectivity index (χ3v) is 3.94. The Morgan fingerprint density at radius 1 is 1.10 bits per heavy atom. The summed E-state index contributed by atoms with van der Waals surface area (Å²) in [5.41, 5.74) is 1.28. The zero-order valence-electron chi connectivity index (χ0n) is 15.7. The minimum absolute atomic E-state index is 0.0279. The van der Waals surface area contributed by atoms with Gasteiger partial charge in [0.15, 0.2) is 0 Å². The smallest absolute Gasteiger partial charge is 0.387 e. The fourth-order valence-electron chi connectivity index (χ4n) is 2.40. The van der Waals surface area contributed by atoms with Gasteiger partial charge in [0.2, 0.25) is 11.8 Å². The zero-order valence-corrected chi connectivity index (χ0v) is 15.7. The molecule has 0 aromatic heterocycles. The number of nitrogens with one attached hydrogen (secondary N) is 2. The maximum atomic E-state index is 12.1. The average Bonchev–Trinajstić information content (AvgIpc) is 2.71. The van der Waals surface area contributed by atoms with Crippen LogP contribution in [0.3, 0.4) is 0 Å². The van der Waals surface area contributed by atoms with Crippen molar-refractivity contribution in [3.8, 4) is 5.75 Å². The van der Waals surface area contributed by atoms with Crippen LogP contribution >= 0.6 is 0 Å². The molecule has 0 saturated carbocycles. The van der Waals surface area contributed by atoms with Crippen molar-refractivity contribution in [3.05, 3.63) is 71.8 Å². The van der Waals surface area contributed by atoms with Gasteiger partial charge in [-0.05, 0) is 36.3 Å². The summed E-state index contributed by atoms with van der Waals surface area (Å²) in [6.07, 6.45) is 1.92. The number of ether oxygens (including phenoxy) is 1. The standard InChI is InChI=1S/C21H22F2N2O4/c1-14(25-19(27)12-7-15-5-3-2-4-6-15)20(28)24-13-18(26)16-8-10-17(11-9-16)29-21(22)23/h2-12,14,18,21,26H,13H2,1H3,(H,24,28)(H,25,27)/b12-7+. The Hall–Kier alpha value is -3.26. The molecule has 0 saturated heterocycles. The highest BCUT2D eigenvalue weighted by Gasteiger charge is 2.16. The molecule has 0 spiro atoms. The maximum Gasteiger partial charge on any atom is 0.387 e. The van der Waals surface area contributed by atoms with Gasteiger partial charge in [0.25, 0.3) is 0 Å². The molecule has 0 bridgehead atoms. The minimum atomic E-state index is -2.93. The van der Waals surface area contributed by atoms with E-state index in [-0.39, 0.29) is 12.3 Å². The van der Waals surface area contributed by atoms with Gasteiger partial charge in [-0.15, -0.1) is 0 Å². The molecule has 2 atom stereocenters. The van der Waals surface area contributed by atoms with E-state index in [9.17, 15) is 23.5 Å². The van der Waals surface area contributed by atoms with Crippen LogP contribution in [0.2, 0.25) is 0 Å². The first-order valence-electron chi connectivity index (χ1n) is 8.89. The van der Waals surface area contributed by atoms with Crippen LogP contribution in [0.5, 0.6) is 5.75 Å².